The van der Waals surface area contributed by atoms with E-state index in [0.29, 0.717) is 5.33 Å². The molecule has 0 radical (unpaired) electrons. The van der Waals surface area contributed by atoms with Gasteiger partial charge < -0.3 is 5.32 Å². The van der Waals surface area contributed by atoms with Gasteiger partial charge in [0.25, 0.3) is 0 Å². The molecule has 0 spiro atoms. The molecule has 0 aliphatic heterocycles. The van der Waals surface area contributed by atoms with E-state index in [1.165, 1.54) is 6.92 Å². The van der Waals surface area contributed by atoms with Crippen molar-refractivity contribution in [2.24, 2.45) is 0 Å². The Morgan fingerprint density at radius 3 is 2.70 bits per heavy atom. The first-order valence-electron chi connectivity index (χ1n) is 7.42. The van der Waals surface area contributed by atoms with Crippen LogP contribution in [0.3, 0.4) is 0 Å². The first-order valence-corrected chi connectivity index (χ1v) is 8.54. The summed E-state index contributed by atoms with van der Waals surface area (Å²) >= 11 is 3.56. The van der Waals surface area contributed by atoms with Crippen molar-refractivity contribution in [2.75, 3.05) is 5.32 Å². The molecule has 0 saturated carbocycles. The number of carbonyl (C=O) groups excluding carboxylic acids is 1. The fourth-order valence-electron chi connectivity index (χ4n) is 2.71. The zero-order chi connectivity index (χ0) is 16.4. The summed E-state index contributed by atoms with van der Waals surface area (Å²) in [5, 5.41) is 4.72. The number of hydrogen-bond donors (Lipinski definition) is 1. The van der Waals surface area contributed by atoms with Crippen LogP contribution in [-0.2, 0) is 10.1 Å². The highest BCUT2D eigenvalue weighted by Crippen LogP contribution is 2.33. The van der Waals surface area contributed by atoms with E-state index in [9.17, 15) is 4.79 Å². The van der Waals surface area contributed by atoms with E-state index in [-0.39, 0.29) is 5.91 Å². The number of nitrogens with zero attached hydrogens (tertiary/aromatic N) is 1. The van der Waals surface area contributed by atoms with Crippen LogP contribution in [0.25, 0.3) is 22.2 Å². The van der Waals surface area contributed by atoms with Gasteiger partial charge >= 0.3 is 0 Å². The van der Waals surface area contributed by atoms with Crippen molar-refractivity contribution in [1.29, 1.82) is 0 Å². The summed E-state index contributed by atoms with van der Waals surface area (Å²) in [5.74, 6) is -0.0881. The molecule has 0 saturated heterocycles. The Morgan fingerprint density at radius 1 is 1.17 bits per heavy atom. The monoisotopic (exact) mass is 368 g/mol. The molecule has 4 heteroatoms. The molecule has 3 rings (SSSR count). The number of hydrogen-bond acceptors (Lipinski definition) is 2. The number of aryl methyl sites for hydroxylation is 1. The third kappa shape index (κ3) is 3.13. The van der Waals surface area contributed by atoms with E-state index in [0.717, 1.165) is 39.0 Å². The predicted molar refractivity (Wildman–Crippen MR) is 98.9 cm³/mol. The molecule has 3 nitrogen and oxygen atoms in total. The van der Waals surface area contributed by atoms with Gasteiger partial charge in [0.15, 0.2) is 0 Å². The molecule has 0 bridgehead atoms. The number of alkyl halides is 1. The first kappa shape index (κ1) is 15.7. The van der Waals surface area contributed by atoms with Crippen molar-refractivity contribution >= 4 is 38.4 Å². The van der Waals surface area contributed by atoms with E-state index < -0.39 is 0 Å². The molecular formula is C19H17BrN2O. The Kier molecular flexibility index (Phi) is 4.44. The fourth-order valence-corrected chi connectivity index (χ4v) is 3.14. The Balaban J connectivity index is 2.27. The summed E-state index contributed by atoms with van der Waals surface area (Å²) in [7, 11) is 0. The van der Waals surface area contributed by atoms with Gasteiger partial charge in [0.2, 0.25) is 5.91 Å². The van der Waals surface area contributed by atoms with Crippen LogP contribution in [0.1, 0.15) is 18.1 Å². The molecular weight excluding hydrogens is 352 g/mol. The second kappa shape index (κ2) is 6.50. The lowest BCUT2D eigenvalue weighted by Crippen LogP contribution is -2.07. The molecule has 1 amide bonds. The standard InChI is InChI=1S/C19H17BrN2O/c1-12-6-5-7-14-10-15(11-20)19(22-18(12)14)16-8-3-4-9-17(16)21-13(2)23/h3-10H,11H2,1-2H3,(H,21,23). The van der Waals surface area contributed by atoms with E-state index in [2.05, 4.69) is 46.4 Å². The largest absolute Gasteiger partial charge is 0.326 e. The van der Waals surface area contributed by atoms with Gasteiger partial charge in [-0.05, 0) is 30.2 Å². The number of aromatic nitrogens is 1. The lowest BCUT2D eigenvalue weighted by molar-refractivity contribution is -0.114. The lowest BCUT2D eigenvalue weighted by Gasteiger charge is -2.14. The van der Waals surface area contributed by atoms with E-state index >= 15 is 0 Å². The summed E-state index contributed by atoms with van der Waals surface area (Å²) in [6.45, 7) is 3.58. The second-order valence-corrected chi connectivity index (χ2v) is 6.06. The summed E-state index contributed by atoms with van der Waals surface area (Å²) in [6, 6.07) is 16.1. The summed E-state index contributed by atoms with van der Waals surface area (Å²) in [4.78, 5) is 16.4. The maximum atomic E-state index is 11.5. The molecule has 0 atom stereocenters. The van der Waals surface area contributed by atoms with Crippen LogP contribution in [0.15, 0.2) is 48.5 Å². The topological polar surface area (TPSA) is 42.0 Å². The molecule has 2 aromatic carbocycles. The molecule has 3 aromatic rings. The summed E-state index contributed by atoms with van der Waals surface area (Å²) < 4.78 is 0. The van der Waals surface area contributed by atoms with Crippen LogP contribution in [0.5, 0.6) is 0 Å². The molecule has 23 heavy (non-hydrogen) atoms. The van der Waals surface area contributed by atoms with Gasteiger partial charge in [0.05, 0.1) is 16.9 Å². The second-order valence-electron chi connectivity index (χ2n) is 5.50. The number of carbonyl (C=O) groups is 1. The number of benzene rings is 2. The van der Waals surface area contributed by atoms with E-state index in [1.54, 1.807) is 0 Å². The zero-order valence-electron chi connectivity index (χ0n) is 13.1. The minimum atomic E-state index is -0.0881. The molecule has 0 fully saturated rings. The minimum Gasteiger partial charge on any atom is -0.326 e. The van der Waals surface area contributed by atoms with Crippen LogP contribution in [0, 0.1) is 6.92 Å². The van der Waals surface area contributed by atoms with Crippen molar-refractivity contribution in [3.05, 3.63) is 59.7 Å². The normalized spacial score (nSPS) is 10.7. The summed E-state index contributed by atoms with van der Waals surface area (Å²) in [6.07, 6.45) is 0. The van der Waals surface area contributed by atoms with Crippen molar-refractivity contribution in [2.45, 2.75) is 19.2 Å². The molecule has 1 aromatic heterocycles. The third-order valence-corrected chi connectivity index (χ3v) is 4.37. The Hall–Kier alpha value is -2.20. The maximum absolute atomic E-state index is 11.5. The van der Waals surface area contributed by atoms with Crippen LogP contribution >= 0.6 is 15.9 Å². The van der Waals surface area contributed by atoms with E-state index in [4.69, 9.17) is 4.98 Å². The fraction of sp³-hybridized carbons (Fsp3) is 0.158. The molecule has 0 aliphatic carbocycles. The number of amides is 1. The van der Waals surface area contributed by atoms with Gasteiger partial charge in [-0.15, -0.1) is 0 Å². The highest BCUT2D eigenvalue weighted by Gasteiger charge is 2.13. The number of nitrogens with one attached hydrogen (secondary N) is 1. The van der Waals surface area contributed by atoms with Gasteiger partial charge in [-0.3, -0.25) is 4.79 Å². The van der Waals surface area contributed by atoms with Crippen molar-refractivity contribution in [3.63, 3.8) is 0 Å². The van der Waals surface area contributed by atoms with Gasteiger partial charge in [-0.1, -0.05) is 52.3 Å². The highest BCUT2D eigenvalue weighted by atomic mass is 79.9. The van der Waals surface area contributed by atoms with Crippen LogP contribution < -0.4 is 5.32 Å². The molecule has 0 unspecified atom stereocenters. The zero-order valence-corrected chi connectivity index (χ0v) is 14.6. The lowest BCUT2D eigenvalue weighted by atomic mass is 10.0. The number of pyridine rings is 1. The Morgan fingerprint density at radius 2 is 1.96 bits per heavy atom. The van der Waals surface area contributed by atoms with E-state index in [1.807, 2.05) is 30.3 Å². The van der Waals surface area contributed by atoms with Crippen LogP contribution in [-0.4, -0.2) is 10.9 Å². The Labute approximate surface area is 143 Å². The summed E-state index contributed by atoms with van der Waals surface area (Å²) in [5.41, 5.74) is 5.84. The SMILES string of the molecule is CC(=O)Nc1ccccc1-c1nc2c(C)cccc2cc1CBr. The van der Waals surface area contributed by atoms with Gasteiger partial charge in [-0.25, -0.2) is 4.98 Å². The van der Waals surface area contributed by atoms with Crippen LogP contribution in [0.4, 0.5) is 5.69 Å². The van der Waals surface area contributed by atoms with Crippen LogP contribution in [0.2, 0.25) is 0 Å². The Bertz CT molecular complexity index is 890. The number of rotatable bonds is 3. The van der Waals surface area contributed by atoms with Crippen molar-refractivity contribution in [1.82, 2.24) is 4.98 Å². The van der Waals surface area contributed by atoms with Gasteiger partial charge in [0.1, 0.15) is 0 Å². The quantitative estimate of drug-likeness (QED) is 0.656. The average Bonchev–Trinajstić information content (AvgIpc) is 2.54. The van der Waals surface area contributed by atoms with Crippen molar-refractivity contribution in [3.8, 4) is 11.3 Å². The predicted octanol–water partition coefficient (Wildman–Crippen LogP) is 5.06. The minimum absolute atomic E-state index is 0.0881. The number of para-hydroxylation sites is 2. The maximum Gasteiger partial charge on any atom is 0.221 e. The smallest absolute Gasteiger partial charge is 0.221 e. The molecule has 0 aliphatic rings. The first-order chi connectivity index (χ1) is 11.1. The van der Waals surface area contributed by atoms with Crippen molar-refractivity contribution < 1.29 is 4.79 Å². The number of fused-ring (bicyclic) bond motifs is 1. The highest BCUT2D eigenvalue weighted by molar-refractivity contribution is 9.08. The number of anilines is 1. The molecule has 1 N–H and O–H groups in total. The molecule has 1 heterocycles. The number of halogens is 1. The van der Waals surface area contributed by atoms with Gasteiger partial charge in [-0.2, -0.15) is 0 Å². The molecule has 116 valence electrons. The third-order valence-electron chi connectivity index (χ3n) is 3.76. The van der Waals surface area contributed by atoms with Gasteiger partial charge in [0, 0.05) is 23.2 Å². The average molecular weight is 369 g/mol.